The Morgan fingerprint density at radius 1 is 1.75 bits per heavy atom. The molecule has 0 aromatic rings. The summed E-state index contributed by atoms with van der Waals surface area (Å²) < 4.78 is 0. The lowest BCUT2D eigenvalue weighted by Crippen LogP contribution is -2.08. The van der Waals surface area contributed by atoms with Gasteiger partial charge in [-0.25, -0.2) is 0 Å². The van der Waals surface area contributed by atoms with Crippen molar-refractivity contribution in [3.05, 3.63) is 0 Å². The number of hydrogen-bond acceptors (Lipinski definition) is 1. The van der Waals surface area contributed by atoms with Crippen molar-refractivity contribution in [2.75, 3.05) is 0 Å². The molecule has 0 bridgehead atoms. The molecule has 2 atom stereocenters. The molecule has 1 rings (SSSR count). The molecule has 0 heterocycles. The van der Waals surface area contributed by atoms with Gasteiger partial charge in [-0.05, 0) is 18.8 Å². The third kappa shape index (κ3) is 0.873. The third-order valence-corrected chi connectivity index (χ3v) is 2.10. The summed E-state index contributed by atoms with van der Waals surface area (Å²) in [7, 11) is 0. The van der Waals surface area contributed by atoms with E-state index in [1.807, 2.05) is 0 Å². The van der Waals surface area contributed by atoms with E-state index in [1.54, 1.807) is 0 Å². The monoisotopic (exact) mass is 114 g/mol. The maximum Gasteiger partial charge on any atom is 0.0677 e. The molecule has 1 aliphatic rings. The zero-order chi connectivity index (χ0) is 6.20. The highest BCUT2D eigenvalue weighted by Crippen LogP contribution is 2.45. The Bertz CT molecular complexity index is 90.4. The van der Waals surface area contributed by atoms with Crippen molar-refractivity contribution in [3.63, 3.8) is 0 Å². The molecule has 8 heavy (non-hydrogen) atoms. The molecule has 1 unspecified atom stereocenters. The first-order valence-corrected chi connectivity index (χ1v) is 3.41. The van der Waals surface area contributed by atoms with Gasteiger partial charge in [0.25, 0.3) is 0 Å². The van der Waals surface area contributed by atoms with Crippen molar-refractivity contribution in [2.24, 2.45) is 5.92 Å². The van der Waals surface area contributed by atoms with Gasteiger partial charge in [0.05, 0.1) is 5.60 Å². The highest BCUT2D eigenvalue weighted by atomic mass is 16.3. The van der Waals surface area contributed by atoms with Gasteiger partial charge in [0, 0.05) is 0 Å². The van der Waals surface area contributed by atoms with Gasteiger partial charge in [0.1, 0.15) is 0 Å². The lowest BCUT2D eigenvalue weighted by Gasteiger charge is -2.03. The number of hydrogen-bond donors (Lipinski definition) is 1. The quantitative estimate of drug-likeness (QED) is 0.577. The third-order valence-electron chi connectivity index (χ3n) is 2.10. The standard InChI is InChI=1S/C7H14O/c1-3-4-7(8)5-6(7)2/h6,8H,3-5H2,1-2H3/t6?,7-/m1/s1. The van der Waals surface area contributed by atoms with Gasteiger partial charge < -0.3 is 5.11 Å². The van der Waals surface area contributed by atoms with Gasteiger partial charge in [0.2, 0.25) is 0 Å². The number of aliphatic hydroxyl groups is 1. The molecule has 0 saturated heterocycles. The van der Waals surface area contributed by atoms with Crippen molar-refractivity contribution in [2.45, 2.75) is 38.7 Å². The van der Waals surface area contributed by atoms with Gasteiger partial charge in [-0.2, -0.15) is 0 Å². The molecule has 0 aliphatic heterocycles. The van der Waals surface area contributed by atoms with E-state index in [1.165, 1.54) is 0 Å². The summed E-state index contributed by atoms with van der Waals surface area (Å²) in [5.74, 6) is 0.572. The van der Waals surface area contributed by atoms with E-state index < -0.39 is 0 Å². The van der Waals surface area contributed by atoms with Crippen LogP contribution in [-0.4, -0.2) is 10.7 Å². The Morgan fingerprint density at radius 3 is 2.38 bits per heavy atom. The van der Waals surface area contributed by atoms with Crippen LogP contribution in [0.3, 0.4) is 0 Å². The molecule has 1 N–H and O–H groups in total. The second-order valence-electron chi connectivity index (χ2n) is 2.96. The molecule has 1 saturated carbocycles. The first-order chi connectivity index (χ1) is 3.69. The largest absolute Gasteiger partial charge is 0.390 e. The van der Waals surface area contributed by atoms with Crippen LogP contribution in [0.2, 0.25) is 0 Å². The van der Waals surface area contributed by atoms with Gasteiger partial charge >= 0.3 is 0 Å². The fourth-order valence-electron chi connectivity index (χ4n) is 1.25. The maximum atomic E-state index is 9.40. The van der Waals surface area contributed by atoms with E-state index in [0.29, 0.717) is 5.92 Å². The fraction of sp³-hybridized carbons (Fsp3) is 1.00. The highest BCUT2D eigenvalue weighted by molar-refractivity contribution is 4.99. The van der Waals surface area contributed by atoms with Gasteiger partial charge in [-0.1, -0.05) is 20.3 Å². The second kappa shape index (κ2) is 1.73. The average molecular weight is 114 g/mol. The molecule has 1 fully saturated rings. The second-order valence-corrected chi connectivity index (χ2v) is 2.96. The molecule has 0 amide bonds. The van der Waals surface area contributed by atoms with Gasteiger partial charge in [0.15, 0.2) is 0 Å². The van der Waals surface area contributed by atoms with E-state index >= 15 is 0 Å². The van der Waals surface area contributed by atoms with Crippen molar-refractivity contribution < 1.29 is 5.11 Å². The Morgan fingerprint density at radius 2 is 2.25 bits per heavy atom. The first kappa shape index (κ1) is 6.09. The normalized spacial score (nSPS) is 44.6. The zero-order valence-corrected chi connectivity index (χ0v) is 5.65. The van der Waals surface area contributed by atoms with E-state index in [-0.39, 0.29) is 5.60 Å². The summed E-state index contributed by atoms with van der Waals surface area (Å²) in [6.07, 6.45) is 3.13. The van der Waals surface area contributed by atoms with Crippen molar-refractivity contribution >= 4 is 0 Å². The van der Waals surface area contributed by atoms with Crippen LogP contribution in [0.1, 0.15) is 33.1 Å². The van der Waals surface area contributed by atoms with Crippen molar-refractivity contribution in [1.29, 1.82) is 0 Å². The molecule has 0 radical (unpaired) electrons. The van der Waals surface area contributed by atoms with Crippen LogP contribution >= 0.6 is 0 Å². The Hall–Kier alpha value is -0.0400. The zero-order valence-electron chi connectivity index (χ0n) is 5.65. The molecule has 0 aromatic carbocycles. The average Bonchev–Trinajstić information content (AvgIpc) is 2.16. The molecule has 0 aromatic heterocycles. The van der Waals surface area contributed by atoms with Crippen LogP contribution in [0.4, 0.5) is 0 Å². The highest BCUT2D eigenvalue weighted by Gasteiger charge is 2.48. The summed E-state index contributed by atoms with van der Waals surface area (Å²) in [4.78, 5) is 0. The number of rotatable bonds is 2. The van der Waals surface area contributed by atoms with Gasteiger partial charge in [-0.15, -0.1) is 0 Å². The summed E-state index contributed by atoms with van der Waals surface area (Å²) >= 11 is 0. The fourth-order valence-corrected chi connectivity index (χ4v) is 1.25. The SMILES string of the molecule is CCC[C@@]1(O)CC1C. The predicted octanol–water partition coefficient (Wildman–Crippen LogP) is 1.56. The molecule has 1 heteroatoms. The summed E-state index contributed by atoms with van der Waals surface area (Å²) in [5.41, 5.74) is -0.241. The van der Waals surface area contributed by atoms with Crippen LogP contribution in [0.25, 0.3) is 0 Å². The van der Waals surface area contributed by atoms with Crippen LogP contribution < -0.4 is 0 Å². The van der Waals surface area contributed by atoms with Crippen LogP contribution in [0, 0.1) is 5.92 Å². The smallest absolute Gasteiger partial charge is 0.0677 e. The minimum atomic E-state index is -0.241. The molecule has 1 aliphatic carbocycles. The molecular formula is C7H14O. The lowest BCUT2D eigenvalue weighted by atomic mass is 10.1. The maximum absolute atomic E-state index is 9.40. The first-order valence-electron chi connectivity index (χ1n) is 3.41. The molecular weight excluding hydrogens is 100 g/mol. The summed E-state index contributed by atoms with van der Waals surface area (Å²) in [6, 6.07) is 0. The summed E-state index contributed by atoms with van der Waals surface area (Å²) in [5, 5.41) is 9.40. The minimum Gasteiger partial charge on any atom is -0.390 e. The van der Waals surface area contributed by atoms with E-state index in [2.05, 4.69) is 13.8 Å². The van der Waals surface area contributed by atoms with Crippen molar-refractivity contribution in [1.82, 2.24) is 0 Å². The molecule has 48 valence electrons. The van der Waals surface area contributed by atoms with Gasteiger partial charge in [-0.3, -0.25) is 0 Å². The van der Waals surface area contributed by atoms with Crippen LogP contribution in [-0.2, 0) is 0 Å². The van der Waals surface area contributed by atoms with Crippen LogP contribution in [0.15, 0.2) is 0 Å². The Labute approximate surface area is 50.7 Å². The van der Waals surface area contributed by atoms with E-state index in [0.717, 1.165) is 19.3 Å². The van der Waals surface area contributed by atoms with E-state index in [4.69, 9.17) is 0 Å². The topological polar surface area (TPSA) is 20.2 Å². The Kier molecular flexibility index (Phi) is 1.31. The predicted molar refractivity (Wildman–Crippen MR) is 33.6 cm³/mol. The van der Waals surface area contributed by atoms with Crippen molar-refractivity contribution in [3.8, 4) is 0 Å². The molecule has 0 spiro atoms. The molecule has 1 nitrogen and oxygen atoms in total. The Balaban J connectivity index is 2.25. The summed E-state index contributed by atoms with van der Waals surface area (Å²) in [6.45, 7) is 4.22. The van der Waals surface area contributed by atoms with Crippen LogP contribution in [0.5, 0.6) is 0 Å². The van der Waals surface area contributed by atoms with E-state index in [9.17, 15) is 5.11 Å². The lowest BCUT2D eigenvalue weighted by molar-refractivity contribution is 0.123. The minimum absolute atomic E-state index is 0.241.